The van der Waals surface area contributed by atoms with Crippen LogP contribution < -0.4 is 4.74 Å². The number of carbonyl (C=O) groups is 1. The van der Waals surface area contributed by atoms with E-state index in [1.807, 2.05) is 0 Å². The van der Waals surface area contributed by atoms with Gasteiger partial charge in [0.15, 0.2) is 5.78 Å². The Morgan fingerprint density at radius 3 is 2.95 bits per heavy atom. The van der Waals surface area contributed by atoms with Crippen molar-refractivity contribution in [3.63, 3.8) is 0 Å². The Hall–Kier alpha value is -1.18. The van der Waals surface area contributed by atoms with Gasteiger partial charge < -0.3 is 9.47 Å². The number of nitrogens with zero attached hydrogens (tertiary/aromatic N) is 1. The highest BCUT2D eigenvalue weighted by Gasteiger charge is 2.26. The van der Waals surface area contributed by atoms with Crippen molar-refractivity contribution >= 4 is 39.0 Å². The molecular weight excluding hydrogens is 353 g/mol. The summed E-state index contributed by atoms with van der Waals surface area (Å²) in [7, 11) is 0. The predicted molar refractivity (Wildman–Crippen MR) is 75.2 cm³/mol. The highest BCUT2D eigenvalue weighted by Crippen LogP contribution is 2.38. The van der Waals surface area contributed by atoms with Gasteiger partial charge in [0, 0.05) is 23.6 Å². The van der Waals surface area contributed by atoms with E-state index >= 15 is 0 Å². The second-order valence-corrected chi connectivity index (χ2v) is 5.60. The topological polar surface area (TPSA) is 78.7 Å². The summed E-state index contributed by atoms with van der Waals surface area (Å²) in [5.41, 5.74) is -0.278. The number of ether oxygens (including phenoxy) is 2. The quantitative estimate of drug-likeness (QED) is 0.593. The number of carbonyl (C=O) groups excluding carboxylic acids is 1. The van der Waals surface area contributed by atoms with Gasteiger partial charge in [-0.3, -0.25) is 14.9 Å². The third-order valence-corrected chi connectivity index (χ3v) is 3.74. The number of nitro benzene ring substituents is 1. The molecule has 1 aromatic rings. The number of hydrogen-bond donors (Lipinski definition) is 0. The number of rotatable bonds is 5. The molecule has 1 aliphatic rings. The number of Topliss-reactive ketones (excluding diaryl/α,β-unsaturated/α-hetero) is 1. The van der Waals surface area contributed by atoms with Gasteiger partial charge in [0.25, 0.3) is 0 Å². The minimum Gasteiger partial charge on any atom is -0.478 e. The van der Waals surface area contributed by atoms with E-state index in [2.05, 4.69) is 15.9 Å². The average molecular weight is 365 g/mol. The Morgan fingerprint density at radius 2 is 2.35 bits per heavy atom. The fraction of sp³-hybridized carbons (Fsp3) is 0.417. The van der Waals surface area contributed by atoms with Crippen LogP contribution in [0.3, 0.4) is 0 Å². The molecule has 0 saturated carbocycles. The molecule has 0 aromatic heterocycles. The summed E-state index contributed by atoms with van der Waals surface area (Å²) >= 11 is 8.91. The SMILES string of the molecule is O=C(COc1c(Br)cc(Cl)cc1[N+](=O)[O-])C1CCOC1. The van der Waals surface area contributed by atoms with Crippen LogP contribution in [0.4, 0.5) is 5.69 Å². The third kappa shape index (κ3) is 3.47. The zero-order chi connectivity index (χ0) is 14.7. The Kier molecular flexibility index (Phi) is 4.95. The molecule has 0 amide bonds. The van der Waals surface area contributed by atoms with Crippen LogP contribution in [0.25, 0.3) is 0 Å². The maximum absolute atomic E-state index is 11.9. The molecule has 1 fully saturated rings. The molecule has 0 N–H and O–H groups in total. The van der Waals surface area contributed by atoms with E-state index in [4.69, 9.17) is 21.1 Å². The summed E-state index contributed by atoms with van der Waals surface area (Å²) in [5.74, 6) is -0.314. The van der Waals surface area contributed by atoms with Crippen LogP contribution >= 0.6 is 27.5 Å². The highest BCUT2D eigenvalue weighted by molar-refractivity contribution is 9.10. The molecule has 108 valence electrons. The van der Waals surface area contributed by atoms with Crippen LogP contribution in [0.5, 0.6) is 5.75 Å². The van der Waals surface area contributed by atoms with Crippen molar-refractivity contribution in [1.82, 2.24) is 0 Å². The smallest absolute Gasteiger partial charge is 0.313 e. The molecule has 1 aliphatic heterocycles. The molecule has 1 atom stereocenters. The fourth-order valence-corrected chi connectivity index (χ4v) is 2.78. The highest BCUT2D eigenvalue weighted by atomic mass is 79.9. The van der Waals surface area contributed by atoms with Crippen LogP contribution in [-0.2, 0) is 9.53 Å². The number of benzene rings is 1. The second kappa shape index (κ2) is 6.51. The Balaban J connectivity index is 2.12. The third-order valence-electron chi connectivity index (χ3n) is 2.93. The summed E-state index contributed by atoms with van der Waals surface area (Å²) in [5, 5.41) is 11.2. The second-order valence-electron chi connectivity index (χ2n) is 4.31. The molecule has 2 rings (SSSR count). The van der Waals surface area contributed by atoms with E-state index in [0.29, 0.717) is 24.1 Å². The Morgan fingerprint density at radius 1 is 1.60 bits per heavy atom. The summed E-state index contributed by atoms with van der Waals surface area (Å²) in [6.07, 6.45) is 0.659. The van der Waals surface area contributed by atoms with Crippen molar-refractivity contribution in [2.75, 3.05) is 19.8 Å². The van der Waals surface area contributed by atoms with E-state index in [-0.39, 0.29) is 34.8 Å². The van der Waals surface area contributed by atoms with Crippen LogP contribution in [0.15, 0.2) is 16.6 Å². The Bertz CT molecular complexity index is 545. The van der Waals surface area contributed by atoms with Crippen molar-refractivity contribution in [3.05, 3.63) is 31.7 Å². The first-order valence-corrected chi connectivity index (χ1v) is 7.03. The molecule has 0 aliphatic carbocycles. The zero-order valence-electron chi connectivity index (χ0n) is 10.3. The minimum absolute atomic E-state index is 0.00617. The standard InChI is InChI=1S/C12H11BrClNO5/c13-9-3-8(14)4-10(15(17)18)12(9)20-6-11(16)7-1-2-19-5-7/h3-4,7H,1-2,5-6H2. The van der Waals surface area contributed by atoms with Gasteiger partial charge in [-0.2, -0.15) is 0 Å². The average Bonchev–Trinajstić information content (AvgIpc) is 2.90. The van der Waals surface area contributed by atoms with Crippen LogP contribution in [0, 0.1) is 16.0 Å². The first-order chi connectivity index (χ1) is 9.49. The number of nitro groups is 1. The van der Waals surface area contributed by atoms with Crippen molar-refractivity contribution < 1.29 is 19.2 Å². The normalized spacial score (nSPS) is 18.0. The van der Waals surface area contributed by atoms with Crippen molar-refractivity contribution in [2.24, 2.45) is 5.92 Å². The Labute approximate surface area is 128 Å². The lowest BCUT2D eigenvalue weighted by molar-refractivity contribution is -0.385. The number of ketones is 1. The molecule has 6 nitrogen and oxygen atoms in total. The van der Waals surface area contributed by atoms with Gasteiger partial charge in [-0.1, -0.05) is 11.6 Å². The monoisotopic (exact) mass is 363 g/mol. The van der Waals surface area contributed by atoms with Crippen molar-refractivity contribution in [1.29, 1.82) is 0 Å². The van der Waals surface area contributed by atoms with E-state index < -0.39 is 4.92 Å². The number of hydrogen-bond acceptors (Lipinski definition) is 5. The summed E-state index contributed by atoms with van der Waals surface area (Å²) in [6, 6.07) is 2.66. The molecule has 1 unspecified atom stereocenters. The molecule has 1 aromatic carbocycles. The summed E-state index contributed by atoms with van der Waals surface area (Å²) in [6.45, 7) is 0.711. The maximum Gasteiger partial charge on any atom is 0.313 e. The predicted octanol–water partition coefficient (Wildman–Crippen LogP) is 3.00. The minimum atomic E-state index is -0.602. The van der Waals surface area contributed by atoms with Gasteiger partial charge in [-0.15, -0.1) is 0 Å². The van der Waals surface area contributed by atoms with E-state index in [0.717, 1.165) is 0 Å². The van der Waals surface area contributed by atoms with Crippen LogP contribution in [-0.4, -0.2) is 30.5 Å². The van der Waals surface area contributed by atoms with Crippen molar-refractivity contribution in [2.45, 2.75) is 6.42 Å². The molecular formula is C12H11BrClNO5. The lowest BCUT2D eigenvalue weighted by atomic mass is 10.0. The largest absolute Gasteiger partial charge is 0.478 e. The van der Waals surface area contributed by atoms with E-state index in [1.165, 1.54) is 12.1 Å². The van der Waals surface area contributed by atoms with Gasteiger partial charge in [0.05, 0.1) is 16.0 Å². The fourth-order valence-electron chi connectivity index (χ4n) is 1.87. The first kappa shape index (κ1) is 15.2. The van der Waals surface area contributed by atoms with Gasteiger partial charge in [0.1, 0.15) is 6.61 Å². The molecule has 20 heavy (non-hydrogen) atoms. The molecule has 1 heterocycles. The first-order valence-electron chi connectivity index (χ1n) is 5.85. The van der Waals surface area contributed by atoms with Crippen molar-refractivity contribution in [3.8, 4) is 5.75 Å². The van der Waals surface area contributed by atoms with Crippen LogP contribution in [0.1, 0.15) is 6.42 Å². The molecule has 0 bridgehead atoms. The summed E-state index contributed by atoms with van der Waals surface area (Å²) < 4.78 is 10.8. The van der Waals surface area contributed by atoms with Gasteiger partial charge in [-0.05, 0) is 28.4 Å². The zero-order valence-corrected chi connectivity index (χ0v) is 12.6. The lowest BCUT2D eigenvalue weighted by Crippen LogP contribution is -2.22. The van der Waals surface area contributed by atoms with Crippen LogP contribution in [0.2, 0.25) is 5.02 Å². The summed E-state index contributed by atoms with van der Waals surface area (Å²) in [4.78, 5) is 22.2. The molecule has 0 spiro atoms. The van der Waals surface area contributed by atoms with E-state index in [9.17, 15) is 14.9 Å². The van der Waals surface area contributed by atoms with Gasteiger partial charge in [0.2, 0.25) is 5.75 Å². The number of halogens is 2. The molecule has 8 heteroatoms. The van der Waals surface area contributed by atoms with Gasteiger partial charge in [-0.25, -0.2) is 0 Å². The maximum atomic E-state index is 11.9. The molecule has 1 saturated heterocycles. The van der Waals surface area contributed by atoms with E-state index in [1.54, 1.807) is 0 Å². The lowest BCUT2D eigenvalue weighted by Gasteiger charge is -2.10. The molecule has 0 radical (unpaired) electrons. The van der Waals surface area contributed by atoms with Gasteiger partial charge >= 0.3 is 5.69 Å².